The molecule has 1 rings (SSSR count). The van der Waals surface area contributed by atoms with Crippen LogP contribution in [0.2, 0.25) is 5.02 Å². The molecule has 0 saturated heterocycles. The van der Waals surface area contributed by atoms with Gasteiger partial charge in [0.25, 0.3) is 0 Å². The first kappa shape index (κ1) is 10.7. The number of halogens is 1. The van der Waals surface area contributed by atoms with Gasteiger partial charge in [0, 0.05) is 19.2 Å². The zero-order valence-electron chi connectivity index (χ0n) is 7.31. The van der Waals surface area contributed by atoms with E-state index in [9.17, 15) is 9.59 Å². The standard InChI is InChI=1S/C8H9ClN2O3/c9-6-4-10-8(14)11(5-6)3-1-2-7(12)13/h4-5H,1-3H2,(H,12,13). The maximum Gasteiger partial charge on any atom is 0.347 e. The van der Waals surface area contributed by atoms with Crippen LogP contribution in [0.4, 0.5) is 0 Å². The molecule has 1 aromatic heterocycles. The van der Waals surface area contributed by atoms with Crippen molar-refractivity contribution in [3.8, 4) is 0 Å². The Hall–Kier alpha value is -1.36. The second kappa shape index (κ2) is 4.76. The summed E-state index contributed by atoms with van der Waals surface area (Å²) in [5, 5.41) is 8.75. The van der Waals surface area contributed by atoms with Crippen LogP contribution in [0, 0.1) is 0 Å². The molecule has 0 saturated carbocycles. The van der Waals surface area contributed by atoms with E-state index in [1.807, 2.05) is 0 Å². The zero-order valence-corrected chi connectivity index (χ0v) is 8.07. The Kier molecular flexibility index (Phi) is 3.64. The van der Waals surface area contributed by atoms with Crippen molar-refractivity contribution in [2.24, 2.45) is 0 Å². The van der Waals surface area contributed by atoms with Gasteiger partial charge in [-0.1, -0.05) is 11.6 Å². The molecule has 76 valence electrons. The molecule has 0 atom stereocenters. The molecular weight excluding hydrogens is 208 g/mol. The second-order valence-corrected chi connectivity index (χ2v) is 3.18. The molecular formula is C8H9ClN2O3. The van der Waals surface area contributed by atoms with Crippen molar-refractivity contribution in [2.75, 3.05) is 0 Å². The van der Waals surface area contributed by atoms with E-state index in [0.29, 0.717) is 18.0 Å². The summed E-state index contributed by atoms with van der Waals surface area (Å²) < 4.78 is 1.30. The fourth-order valence-electron chi connectivity index (χ4n) is 0.989. The molecule has 0 spiro atoms. The van der Waals surface area contributed by atoms with Crippen molar-refractivity contribution in [1.82, 2.24) is 9.55 Å². The third kappa shape index (κ3) is 3.18. The molecule has 0 fully saturated rings. The van der Waals surface area contributed by atoms with Gasteiger partial charge in [-0.25, -0.2) is 9.78 Å². The maximum atomic E-state index is 11.1. The van der Waals surface area contributed by atoms with Gasteiger partial charge >= 0.3 is 11.7 Å². The fraction of sp³-hybridized carbons (Fsp3) is 0.375. The van der Waals surface area contributed by atoms with Crippen molar-refractivity contribution in [3.63, 3.8) is 0 Å². The topological polar surface area (TPSA) is 72.2 Å². The highest BCUT2D eigenvalue weighted by Crippen LogP contribution is 2.02. The number of nitrogens with zero attached hydrogens (tertiary/aromatic N) is 2. The number of rotatable bonds is 4. The van der Waals surface area contributed by atoms with E-state index >= 15 is 0 Å². The van der Waals surface area contributed by atoms with Crippen molar-refractivity contribution in [2.45, 2.75) is 19.4 Å². The van der Waals surface area contributed by atoms with Crippen molar-refractivity contribution in [1.29, 1.82) is 0 Å². The normalized spacial score (nSPS) is 10.1. The number of hydrogen-bond acceptors (Lipinski definition) is 3. The Morgan fingerprint density at radius 2 is 2.36 bits per heavy atom. The fourth-order valence-corrected chi connectivity index (χ4v) is 1.16. The van der Waals surface area contributed by atoms with Crippen LogP contribution in [0.1, 0.15) is 12.8 Å². The summed E-state index contributed by atoms with van der Waals surface area (Å²) >= 11 is 5.62. The lowest BCUT2D eigenvalue weighted by atomic mass is 10.3. The molecule has 0 unspecified atom stereocenters. The molecule has 0 radical (unpaired) electrons. The number of aromatic nitrogens is 2. The van der Waals surface area contributed by atoms with E-state index in [1.54, 1.807) is 0 Å². The van der Waals surface area contributed by atoms with Gasteiger partial charge in [0.05, 0.1) is 11.2 Å². The zero-order chi connectivity index (χ0) is 10.6. The van der Waals surface area contributed by atoms with Crippen molar-refractivity contribution in [3.05, 3.63) is 27.9 Å². The van der Waals surface area contributed by atoms with E-state index in [1.165, 1.54) is 17.0 Å². The Balaban J connectivity index is 2.62. The lowest BCUT2D eigenvalue weighted by Crippen LogP contribution is -2.22. The minimum absolute atomic E-state index is 0.0267. The van der Waals surface area contributed by atoms with Gasteiger partial charge in [0.15, 0.2) is 0 Å². The highest BCUT2D eigenvalue weighted by Gasteiger charge is 2.00. The first-order valence-corrected chi connectivity index (χ1v) is 4.41. The third-order valence-electron chi connectivity index (χ3n) is 1.61. The minimum atomic E-state index is -0.881. The molecule has 0 aliphatic carbocycles. The first-order valence-electron chi connectivity index (χ1n) is 4.03. The molecule has 1 heterocycles. The summed E-state index contributed by atoms with van der Waals surface area (Å²) in [5.74, 6) is -0.881. The summed E-state index contributed by atoms with van der Waals surface area (Å²) in [7, 11) is 0. The molecule has 0 aromatic carbocycles. The molecule has 5 nitrogen and oxygen atoms in total. The molecule has 1 aromatic rings. The molecule has 0 aliphatic rings. The number of aliphatic carboxylic acids is 1. The number of hydrogen-bond donors (Lipinski definition) is 1. The summed E-state index contributed by atoms with van der Waals surface area (Å²) in [5.41, 5.74) is -0.417. The van der Waals surface area contributed by atoms with Crippen LogP contribution in [-0.2, 0) is 11.3 Å². The Bertz CT molecular complexity index is 388. The summed E-state index contributed by atoms with van der Waals surface area (Å²) in [6.07, 6.45) is 3.12. The van der Waals surface area contributed by atoms with Gasteiger partial charge in [-0.15, -0.1) is 0 Å². The van der Waals surface area contributed by atoms with Crippen LogP contribution < -0.4 is 5.69 Å². The van der Waals surface area contributed by atoms with Crippen LogP contribution in [-0.4, -0.2) is 20.6 Å². The van der Waals surface area contributed by atoms with E-state index in [4.69, 9.17) is 16.7 Å². The van der Waals surface area contributed by atoms with E-state index < -0.39 is 11.7 Å². The highest BCUT2D eigenvalue weighted by molar-refractivity contribution is 6.30. The quantitative estimate of drug-likeness (QED) is 0.807. The van der Waals surface area contributed by atoms with Crippen LogP contribution in [0.3, 0.4) is 0 Å². The lowest BCUT2D eigenvalue weighted by Gasteiger charge is -2.02. The Morgan fingerprint density at radius 1 is 1.64 bits per heavy atom. The van der Waals surface area contributed by atoms with Gasteiger partial charge in [0.2, 0.25) is 0 Å². The number of aryl methyl sites for hydroxylation is 1. The van der Waals surface area contributed by atoms with Gasteiger partial charge in [0.1, 0.15) is 0 Å². The van der Waals surface area contributed by atoms with Gasteiger partial charge in [-0.05, 0) is 6.42 Å². The third-order valence-corrected chi connectivity index (χ3v) is 1.81. The van der Waals surface area contributed by atoms with E-state index in [-0.39, 0.29) is 6.42 Å². The SMILES string of the molecule is O=C(O)CCCn1cc(Cl)cnc1=O. The Labute approximate surface area is 85.0 Å². The smallest absolute Gasteiger partial charge is 0.347 e. The van der Waals surface area contributed by atoms with E-state index in [2.05, 4.69) is 4.98 Å². The lowest BCUT2D eigenvalue weighted by molar-refractivity contribution is -0.137. The second-order valence-electron chi connectivity index (χ2n) is 2.75. The predicted octanol–water partition coefficient (Wildman–Crippen LogP) is 0.762. The molecule has 6 heteroatoms. The van der Waals surface area contributed by atoms with Gasteiger partial charge < -0.3 is 5.11 Å². The number of carboxylic acid groups (broad SMARTS) is 1. The molecule has 0 aliphatic heterocycles. The predicted molar refractivity (Wildman–Crippen MR) is 50.4 cm³/mol. The molecule has 0 amide bonds. The van der Waals surface area contributed by atoms with Crippen LogP contribution in [0.5, 0.6) is 0 Å². The van der Waals surface area contributed by atoms with Crippen LogP contribution >= 0.6 is 11.6 Å². The van der Waals surface area contributed by atoms with Gasteiger partial charge in [-0.3, -0.25) is 9.36 Å². The average Bonchev–Trinajstić information content (AvgIpc) is 2.10. The van der Waals surface area contributed by atoms with Crippen LogP contribution in [0.25, 0.3) is 0 Å². The minimum Gasteiger partial charge on any atom is -0.481 e. The summed E-state index contributed by atoms with van der Waals surface area (Å²) in [6, 6.07) is 0. The van der Waals surface area contributed by atoms with Crippen molar-refractivity contribution < 1.29 is 9.90 Å². The summed E-state index contributed by atoms with van der Waals surface area (Å²) in [4.78, 5) is 24.8. The first-order chi connectivity index (χ1) is 6.59. The molecule has 1 N–H and O–H groups in total. The number of carboxylic acids is 1. The van der Waals surface area contributed by atoms with Crippen LogP contribution in [0.15, 0.2) is 17.2 Å². The van der Waals surface area contributed by atoms with E-state index in [0.717, 1.165) is 0 Å². The molecule has 0 bridgehead atoms. The average molecular weight is 217 g/mol. The van der Waals surface area contributed by atoms with Crippen molar-refractivity contribution >= 4 is 17.6 Å². The highest BCUT2D eigenvalue weighted by atomic mass is 35.5. The Morgan fingerprint density at radius 3 is 3.00 bits per heavy atom. The maximum absolute atomic E-state index is 11.1. The summed E-state index contributed by atoms with van der Waals surface area (Å²) in [6.45, 7) is 0.318. The molecule has 14 heavy (non-hydrogen) atoms. The van der Waals surface area contributed by atoms with Gasteiger partial charge in [-0.2, -0.15) is 0 Å². The monoisotopic (exact) mass is 216 g/mol. The number of carbonyl (C=O) groups is 1. The largest absolute Gasteiger partial charge is 0.481 e.